The van der Waals surface area contributed by atoms with E-state index in [1.54, 1.807) is 55.5 Å². The molecular formula is C30H25BrClNO6S. The molecule has 1 heterocycles. The Morgan fingerprint density at radius 3 is 2.50 bits per heavy atom. The molecule has 0 aromatic heterocycles. The van der Waals surface area contributed by atoms with Gasteiger partial charge in [0.25, 0.3) is 5.91 Å². The molecule has 1 aliphatic heterocycles. The molecule has 0 saturated heterocycles. The molecular weight excluding hydrogens is 618 g/mol. The first-order valence-corrected chi connectivity index (χ1v) is 14.1. The third-order valence-corrected chi connectivity index (χ3v) is 7.86. The number of carbonyl (C=O) groups excluding carboxylic acids is 2. The van der Waals surface area contributed by atoms with Crippen molar-refractivity contribution in [3.05, 3.63) is 109 Å². The fourth-order valence-electron chi connectivity index (χ4n) is 3.69. The van der Waals surface area contributed by atoms with Crippen molar-refractivity contribution in [2.75, 3.05) is 13.7 Å². The molecule has 40 heavy (non-hydrogen) atoms. The summed E-state index contributed by atoms with van der Waals surface area (Å²) in [5.74, 6) is -0.715. The summed E-state index contributed by atoms with van der Waals surface area (Å²) < 4.78 is 17.3. The summed E-state index contributed by atoms with van der Waals surface area (Å²) in [6.45, 7) is 3.90. The highest BCUT2D eigenvalue weighted by molar-refractivity contribution is 9.10. The number of methoxy groups -OCH3 is 1. The number of aryl methyl sites for hydroxylation is 1. The van der Waals surface area contributed by atoms with E-state index in [1.165, 1.54) is 7.11 Å². The van der Waals surface area contributed by atoms with Gasteiger partial charge in [-0.3, -0.25) is 4.79 Å². The number of aliphatic imine (C=N–C) groups is 1. The smallest absolute Gasteiger partial charge is 0.344 e. The number of carbonyl (C=O) groups is 2. The average Bonchev–Trinajstić information content (AvgIpc) is 3.23. The van der Waals surface area contributed by atoms with Crippen molar-refractivity contribution >= 4 is 62.3 Å². The van der Waals surface area contributed by atoms with E-state index in [9.17, 15) is 14.7 Å². The number of rotatable bonds is 8. The molecule has 1 aliphatic rings. The van der Waals surface area contributed by atoms with Crippen LogP contribution in [-0.2, 0) is 16.1 Å². The van der Waals surface area contributed by atoms with Crippen LogP contribution in [0.1, 0.15) is 34.0 Å². The number of hydrogen-bond acceptors (Lipinski definition) is 7. The van der Waals surface area contributed by atoms with Crippen LogP contribution in [0.3, 0.4) is 0 Å². The van der Waals surface area contributed by atoms with Crippen LogP contribution in [0.25, 0.3) is 6.08 Å². The van der Waals surface area contributed by atoms with Crippen LogP contribution in [-0.4, -0.2) is 35.7 Å². The molecule has 0 spiro atoms. The zero-order valence-electron chi connectivity index (χ0n) is 21.9. The number of hydrogen-bond donors (Lipinski definition) is 1. The van der Waals surface area contributed by atoms with Gasteiger partial charge < -0.3 is 19.3 Å². The van der Waals surface area contributed by atoms with E-state index < -0.39 is 11.9 Å². The van der Waals surface area contributed by atoms with Crippen molar-refractivity contribution in [1.29, 1.82) is 0 Å². The molecule has 7 nitrogen and oxygen atoms in total. The molecule has 1 N–H and O–H groups in total. The number of benzene rings is 3. The van der Waals surface area contributed by atoms with Crippen LogP contribution in [0, 0.1) is 6.92 Å². The number of esters is 1. The number of halogens is 2. The summed E-state index contributed by atoms with van der Waals surface area (Å²) in [6, 6.07) is 17.8. The third kappa shape index (κ3) is 6.78. The van der Waals surface area contributed by atoms with Gasteiger partial charge in [-0.2, -0.15) is 0 Å². The molecule has 0 radical (unpaired) electrons. The van der Waals surface area contributed by atoms with Crippen molar-refractivity contribution in [3.63, 3.8) is 0 Å². The van der Waals surface area contributed by atoms with Gasteiger partial charge in [0.2, 0.25) is 0 Å². The Balaban J connectivity index is 1.66. The van der Waals surface area contributed by atoms with Crippen molar-refractivity contribution < 1.29 is 28.9 Å². The molecule has 0 unspecified atom stereocenters. The predicted octanol–water partition coefficient (Wildman–Crippen LogP) is 7.70. The molecule has 3 aromatic carbocycles. The number of ether oxygens (including phenoxy) is 3. The molecule has 0 bridgehead atoms. The van der Waals surface area contributed by atoms with Gasteiger partial charge in [-0.15, -0.1) is 0 Å². The molecule has 3 aromatic rings. The summed E-state index contributed by atoms with van der Waals surface area (Å²) >= 11 is 10.8. The van der Waals surface area contributed by atoms with Gasteiger partial charge in [0, 0.05) is 20.6 Å². The molecule has 0 aliphatic carbocycles. The monoisotopic (exact) mass is 641 g/mol. The second-order valence-electron chi connectivity index (χ2n) is 8.55. The summed E-state index contributed by atoms with van der Waals surface area (Å²) in [4.78, 5) is 30.0. The quantitative estimate of drug-likeness (QED) is 0.252. The van der Waals surface area contributed by atoms with E-state index >= 15 is 0 Å². The predicted molar refractivity (Wildman–Crippen MR) is 161 cm³/mol. The second kappa shape index (κ2) is 13.2. The Hall–Kier alpha value is -3.53. The Bertz CT molecular complexity index is 1550. The van der Waals surface area contributed by atoms with Crippen molar-refractivity contribution in [2.24, 2.45) is 4.99 Å². The van der Waals surface area contributed by atoms with Crippen LogP contribution >= 0.6 is 39.3 Å². The van der Waals surface area contributed by atoms with Crippen LogP contribution in [0.15, 0.2) is 86.4 Å². The van der Waals surface area contributed by atoms with Gasteiger partial charge in [-0.1, -0.05) is 75.2 Å². The lowest BCUT2D eigenvalue weighted by molar-refractivity contribution is -0.138. The highest BCUT2D eigenvalue weighted by atomic mass is 79.9. The Morgan fingerprint density at radius 2 is 1.82 bits per heavy atom. The molecule has 0 saturated carbocycles. The van der Waals surface area contributed by atoms with Crippen LogP contribution in [0.4, 0.5) is 0 Å². The minimum atomic E-state index is -0.772. The standard InChI is InChI=1S/C30H25BrClNO6S/c1-4-38-30(36)26-27(34)25(40-29(26)33-28(35)18-11-9-17(2)10-12-18)14-20-13-23(37-3)24(15-21(20)31)39-16-19-7-5-6-8-22(19)32/h5-15,34H,4,16H2,1-3H3/b25-14-,33-29?. The minimum absolute atomic E-state index is 0.0514. The molecule has 0 atom stereocenters. The maximum absolute atomic E-state index is 12.8. The van der Waals surface area contributed by atoms with Gasteiger partial charge >= 0.3 is 5.97 Å². The Morgan fingerprint density at radius 1 is 1.10 bits per heavy atom. The van der Waals surface area contributed by atoms with Crippen molar-refractivity contribution in [2.45, 2.75) is 20.5 Å². The number of amides is 1. The lowest BCUT2D eigenvalue weighted by Crippen LogP contribution is -2.14. The maximum atomic E-state index is 12.8. The first-order valence-electron chi connectivity index (χ1n) is 12.2. The second-order valence-corrected chi connectivity index (χ2v) is 10.8. The van der Waals surface area contributed by atoms with Crippen LogP contribution < -0.4 is 9.47 Å². The fourth-order valence-corrected chi connectivity index (χ4v) is 5.32. The van der Waals surface area contributed by atoms with Gasteiger partial charge in [-0.25, -0.2) is 9.79 Å². The van der Waals surface area contributed by atoms with Crippen molar-refractivity contribution in [3.8, 4) is 11.5 Å². The summed E-state index contributed by atoms with van der Waals surface area (Å²) in [5, 5.41) is 11.7. The SMILES string of the molecule is CCOC(=O)C1=C(O)/C(=C/c2cc(OC)c(OCc3ccccc3Cl)cc2Br)SC1=NC(=O)c1ccc(C)cc1. The first kappa shape index (κ1) is 29.5. The zero-order valence-corrected chi connectivity index (χ0v) is 25.0. The fraction of sp³-hybridized carbons (Fsp3) is 0.167. The maximum Gasteiger partial charge on any atom is 0.344 e. The number of aliphatic hydroxyl groups excluding tert-OH is 1. The average molecular weight is 643 g/mol. The van der Waals surface area contributed by atoms with E-state index in [-0.39, 0.29) is 29.6 Å². The molecule has 206 valence electrons. The molecule has 1 amide bonds. The number of nitrogens with zero attached hydrogens (tertiary/aromatic N) is 1. The largest absolute Gasteiger partial charge is 0.506 e. The first-order chi connectivity index (χ1) is 19.2. The van der Waals surface area contributed by atoms with Gasteiger partial charge in [0.15, 0.2) is 11.5 Å². The lowest BCUT2D eigenvalue weighted by atomic mass is 10.1. The Kier molecular flexibility index (Phi) is 9.73. The van der Waals surface area contributed by atoms with E-state index in [2.05, 4.69) is 20.9 Å². The van der Waals surface area contributed by atoms with E-state index in [4.69, 9.17) is 25.8 Å². The van der Waals surface area contributed by atoms with E-state index in [1.807, 2.05) is 25.1 Å². The highest BCUT2D eigenvalue weighted by Gasteiger charge is 2.34. The molecule has 10 heteroatoms. The summed E-state index contributed by atoms with van der Waals surface area (Å²) in [6.07, 6.45) is 1.66. The highest BCUT2D eigenvalue weighted by Crippen LogP contribution is 2.42. The van der Waals surface area contributed by atoms with Gasteiger partial charge in [0.1, 0.15) is 23.0 Å². The summed E-state index contributed by atoms with van der Waals surface area (Å²) in [7, 11) is 1.52. The van der Waals surface area contributed by atoms with Crippen LogP contribution in [0.2, 0.25) is 5.02 Å². The van der Waals surface area contributed by atoms with Crippen LogP contribution in [0.5, 0.6) is 11.5 Å². The molecule has 4 rings (SSSR count). The third-order valence-electron chi connectivity index (χ3n) is 5.78. The van der Waals surface area contributed by atoms with Gasteiger partial charge in [0.05, 0.1) is 18.6 Å². The van der Waals surface area contributed by atoms with E-state index in [0.717, 1.165) is 22.9 Å². The van der Waals surface area contributed by atoms with E-state index in [0.29, 0.717) is 37.0 Å². The summed E-state index contributed by atoms with van der Waals surface area (Å²) in [5.41, 5.74) is 2.64. The lowest BCUT2D eigenvalue weighted by Gasteiger charge is -2.14. The topological polar surface area (TPSA) is 94.4 Å². The zero-order chi connectivity index (χ0) is 28.8. The van der Waals surface area contributed by atoms with Gasteiger partial charge in [-0.05, 0) is 55.8 Å². The number of aliphatic hydroxyl groups is 1. The minimum Gasteiger partial charge on any atom is -0.506 e. The molecule has 0 fully saturated rings. The van der Waals surface area contributed by atoms with Crippen molar-refractivity contribution in [1.82, 2.24) is 0 Å². The normalized spacial score (nSPS) is 15.0. The Labute approximate surface area is 249 Å². The number of thioether (sulfide) groups is 1.